The lowest BCUT2D eigenvalue weighted by atomic mass is 9.74. The van der Waals surface area contributed by atoms with Crippen molar-refractivity contribution in [2.24, 2.45) is 5.92 Å². The highest BCUT2D eigenvalue weighted by Crippen LogP contribution is 2.52. The van der Waals surface area contributed by atoms with E-state index in [4.69, 9.17) is 14.2 Å². The lowest BCUT2D eigenvalue weighted by Gasteiger charge is -2.51. The van der Waals surface area contributed by atoms with Crippen molar-refractivity contribution in [3.8, 4) is 5.75 Å². The van der Waals surface area contributed by atoms with Crippen molar-refractivity contribution in [3.63, 3.8) is 0 Å². The van der Waals surface area contributed by atoms with E-state index in [0.29, 0.717) is 24.1 Å². The highest BCUT2D eigenvalue weighted by atomic mass is 16.5. The molecule has 0 bridgehead atoms. The largest absolute Gasteiger partial charge is 0.487 e. The standard InChI is InChI=1S/C21H29NO3/c1-21(2)16-13-17-19(7-10-22(17)14-8-11-23-12-9-14)24-20(16)15-5-3-4-6-18(15)25-21/h3-6,14,16-17,19-20H,7-13H2,1-2H3/t16-,17-,19-,20+/m1/s1. The second-order valence-corrected chi connectivity index (χ2v) is 8.62. The van der Waals surface area contributed by atoms with E-state index >= 15 is 0 Å². The molecular weight excluding hydrogens is 314 g/mol. The number of rotatable bonds is 1. The SMILES string of the molecule is CC1(C)Oc2ccccc2[C@@H]2O[C@@H]3CCN(C4CCOCC4)[C@@H]3C[C@H]21. The number of fused-ring (bicyclic) bond motifs is 4. The van der Waals surface area contributed by atoms with Gasteiger partial charge in [-0.3, -0.25) is 4.90 Å². The van der Waals surface area contributed by atoms with Crippen LogP contribution in [0, 0.1) is 5.92 Å². The fourth-order valence-corrected chi connectivity index (χ4v) is 5.54. The molecule has 4 heterocycles. The molecule has 1 aromatic rings. The van der Waals surface area contributed by atoms with E-state index in [-0.39, 0.29) is 11.7 Å². The normalized spacial score (nSPS) is 37.7. The summed E-state index contributed by atoms with van der Waals surface area (Å²) in [5, 5.41) is 0. The van der Waals surface area contributed by atoms with Crippen molar-refractivity contribution in [2.45, 2.75) is 69.4 Å². The van der Waals surface area contributed by atoms with Gasteiger partial charge in [0, 0.05) is 43.3 Å². The molecule has 0 aliphatic carbocycles. The quantitative estimate of drug-likeness (QED) is 0.780. The van der Waals surface area contributed by atoms with Crippen LogP contribution >= 0.6 is 0 Å². The molecular formula is C21H29NO3. The molecule has 0 unspecified atom stereocenters. The predicted molar refractivity (Wildman–Crippen MR) is 95.8 cm³/mol. The lowest BCUT2D eigenvalue weighted by molar-refractivity contribution is -0.166. The molecule has 0 N–H and O–H groups in total. The number of likely N-dealkylation sites (tertiary alicyclic amines) is 1. The van der Waals surface area contributed by atoms with Gasteiger partial charge < -0.3 is 14.2 Å². The van der Waals surface area contributed by atoms with Gasteiger partial charge in [0.05, 0.1) is 12.2 Å². The second kappa shape index (κ2) is 5.97. The second-order valence-electron chi connectivity index (χ2n) is 8.62. The van der Waals surface area contributed by atoms with E-state index in [1.807, 2.05) is 0 Å². The van der Waals surface area contributed by atoms with Crippen LogP contribution < -0.4 is 4.74 Å². The van der Waals surface area contributed by atoms with Crippen LogP contribution in [0.15, 0.2) is 24.3 Å². The molecule has 0 amide bonds. The van der Waals surface area contributed by atoms with E-state index in [1.165, 1.54) is 31.4 Å². The fraction of sp³-hybridized carbons (Fsp3) is 0.714. The van der Waals surface area contributed by atoms with Gasteiger partial charge in [0.25, 0.3) is 0 Å². The smallest absolute Gasteiger partial charge is 0.125 e. The number of ether oxygens (including phenoxy) is 3. The van der Waals surface area contributed by atoms with Gasteiger partial charge >= 0.3 is 0 Å². The summed E-state index contributed by atoms with van der Waals surface area (Å²) in [6.07, 6.45) is 5.21. The number of hydrogen-bond acceptors (Lipinski definition) is 4. The Morgan fingerprint density at radius 1 is 1.08 bits per heavy atom. The molecule has 25 heavy (non-hydrogen) atoms. The fourth-order valence-electron chi connectivity index (χ4n) is 5.54. The molecule has 5 rings (SSSR count). The van der Waals surface area contributed by atoms with E-state index in [0.717, 1.165) is 25.4 Å². The van der Waals surface area contributed by atoms with Crippen LogP contribution in [0.1, 0.15) is 51.2 Å². The molecule has 3 saturated heterocycles. The van der Waals surface area contributed by atoms with Crippen molar-refractivity contribution in [1.29, 1.82) is 0 Å². The first-order chi connectivity index (χ1) is 12.1. The monoisotopic (exact) mass is 343 g/mol. The average molecular weight is 343 g/mol. The number of para-hydroxylation sites is 1. The molecule has 0 spiro atoms. The zero-order valence-electron chi connectivity index (χ0n) is 15.3. The highest BCUT2D eigenvalue weighted by molar-refractivity contribution is 5.39. The Bertz CT molecular complexity index is 640. The van der Waals surface area contributed by atoms with Crippen LogP contribution in [0.2, 0.25) is 0 Å². The number of hydrogen-bond donors (Lipinski definition) is 0. The molecule has 136 valence electrons. The molecule has 0 aromatic heterocycles. The Kier molecular flexibility index (Phi) is 3.84. The molecule has 4 atom stereocenters. The van der Waals surface area contributed by atoms with Gasteiger partial charge in [-0.25, -0.2) is 0 Å². The van der Waals surface area contributed by atoms with Gasteiger partial charge in [0.1, 0.15) is 11.4 Å². The Morgan fingerprint density at radius 2 is 1.88 bits per heavy atom. The van der Waals surface area contributed by atoms with Gasteiger partial charge in [-0.2, -0.15) is 0 Å². The van der Waals surface area contributed by atoms with Gasteiger partial charge in [-0.05, 0) is 45.6 Å². The third-order valence-corrected chi connectivity index (χ3v) is 6.86. The summed E-state index contributed by atoms with van der Waals surface area (Å²) in [6, 6.07) is 9.65. The topological polar surface area (TPSA) is 30.9 Å². The Hall–Kier alpha value is -1.10. The van der Waals surface area contributed by atoms with Crippen LogP contribution in [0.3, 0.4) is 0 Å². The Labute approximate surface area is 150 Å². The number of benzene rings is 1. The summed E-state index contributed by atoms with van der Waals surface area (Å²) in [4.78, 5) is 2.74. The third kappa shape index (κ3) is 2.61. The van der Waals surface area contributed by atoms with Crippen molar-refractivity contribution in [2.75, 3.05) is 19.8 Å². The first kappa shape index (κ1) is 16.1. The summed E-state index contributed by atoms with van der Waals surface area (Å²) in [5.74, 6) is 1.41. The third-order valence-electron chi connectivity index (χ3n) is 6.86. The van der Waals surface area contributed by atoms with E-state index in [9.17, 15) is 0 Å². The lowest BCUT2D eigenvalue weighted by Crippen LogP contribution is -2.55. The molecule has 0 radical (unpaired) electrons. The zero-order valence-corrected chi connectivity index (χ0v) is 15.3. The van der Waals surface area contributed by atoms with Gasteiger partial charge in [-0.15, -0.1) is 0 Å². The molecule has 3 fully saturated rings. The Morgan fingerprint density at radius 3 is 2.72 bits per heavy atom. The first-order valence-electron chi connectivity index (χ1n) is 9.90. The Balaban J connectivity index is 1.43. The summed E-state index contributed by atoms with van der Waals surface area (Å²) >= 11 is 0. The minimum Gasteiger partial charge on any atom is -0.487 e. The summed E-state index contributed by atoms with van der Waals surface area (Å²) < 4.78 is 18.7. The molecule has 4 heteroatoms. The average Bonchev–Trinajstić information content (AvgIpc) is 3.04. The number of nitrogens with zero attached hydrogens (tertiary/aromatic N) is 1. The van der Waals surface area contributed by atoms with Crippen molar-refractivity contribution in [1.82, 2.24) is 4.90 Å². The van der Waals surface area contributed by atoms with Crippen molar-refractivity contribution >= 4 is 0 Å². The zero-order chi connectivity index (χ0) is 17.0. The van der Waals surface area contributed by atoms with Crippen LogP contribution in [0.4, 0.5) is 0 Å². The van der Waals surface area contributed by atoms with Crippen LogP contribution in [-0.2, 0) is 9.47 Å². The minimum atomic E-state index is -0.187. The maximum Gasteiger partial charge on any atom is 0.125 e. The van der Waals surface area contributed by atoms with Crippen LogP contribution in [0.5, 0.6) is 5.75 Å². The van der Waals surface area contributed by atoms with Crippen molar-refractivity contribution < 1.29 is 14.2 Å². The minimum absolute atomic E-state index is 0.177. The molecule has 4 aliphatic rings. The summed E-state index contributed by atoms with van der Waals surface area (Å²) in [5.41, 5.74) is 1.06. The first-order valence-corrected chi connectivity index (χ1v) is 9.90. The van der Waals surface area contributed by atoms with Crippen molar-refractivity contribution in [3.05, 3.63) is 29.8 Å². The molecule has 4 aliphatic heterocycles. The van der Waals surface area contributed by atoms with Crippen LogP contribution in [-0.4, -0.2) is 48.4 Å². The van der Waals surface area contributed by atoms with Crippen LogP contribution in [0.25, 0.3) is 0 Å². The maximum atomic E-state index is 6.74. The molecule has 0 saturated carbocycles. The highest BCUT2D eigenvalue weighted by Gasteiger charge is 2.53. The maximum absolute atomic E-state index is 6.74. The van der Waals surface area contributed by atoms with E-state index < -0.39 is 0 Å². The molecule has 1 aromatic carbocycles. The molecule has 4 nitrogen and oxygen atoms in total. The van der Waals surface area contributed by atoms with E-state index in [2.05, 4.69) is 43.0 Å². The summed E-state index contributed by atoms with van der Waals surface area (Å²) in [7, 11) is 0. The van der Waals surface area contributed by atoms with Gasteiger partial charge in [-0.1, -0.05) is 18.2 Å². The van der Waals surface area contributed by atoms with E-state index in [1.54, 1.807) is 0 Å². The van der Waals surface area contributed by atoms with Gasteiger partial charge in [0.15, 0.2) is 0 Å². The van der Waals surface area contributed by atoms with Gasteiger partial charge in [0.2, 0.25) is 0 Å². The predicted octanol–water partition coefficient (Wildman–Crippen LogP) is 3.56. The summed E-state index contributed by atoms with van der Waals surface area (Å²) in [6.45, 7) is 7.46.